The van der Waals surface area contributed by atoms with Gasteiger partial charge in [0.1, 0.15) is 0 Å². The van der Waals surface area contributed by atoms with E-state index in [1.165, 1.54) is 10.7 Å². The van der Waals surface area contributed by atoms with Crippen LogP contribution >= 0.6 is 0 Å². The highest BCUT2D eigenvalue weighted by atomic mass is 32.2. The number of hydrogen-bond acceptors (Lipinski definition) is 7. The van der Waals surface area contributed by atoms with Crippen molar-refractivity contribution in [1.82, 2.24) is 10.6 Å². The monoisotopic (exact) mass is 562 g/mol. The average molecular weight is 563 g/mol. The molecule has 1 aromatic heterocycles. The van der Waals surface area contributed by atoms with Crippen LogP contribution in [0, 0.1) is 5.92 Å². The smallest absolute Gasteiger partial charge is 0.251 e. The number of anilines is 2. The van der Waals surface area contributed by atoms with Gasteiger partial charge in [0, 0.05) is 36.9 Å². The van der Waals surface area contributed by atoms with E-state index in [2.05, 4.69) is 36.7 Å². The van der Waals surface area contributed by atoms with Gasteiger partial charge in [0.2, 0.25) is 10.0 Å². The molecule has 1 aromatic carbocycles. The molecule has 0 saturated carbocycles. The van der Waals surface area contributed by atoms with Gasteiger partial charge in [0.15, 0.2) is 0 Å². The first-order valence-corrected chi connectivity index (χ1v) is 15.8. The molecule has 1 unspecified atom stereocenters. The van der Waals surface area contributed by atoms with Crippen LogP contribution < -0.4 is 20.3 Å². The van der Waals surface area contributed by atoms with Crippen molar-refractivity contribution in [2.75, 3.05) is 35.0 Å². The number of carbonyl (C=O) groups excluding carboxylic acids is 1. The Morgan fingerprint density at radius 2 is 1.95 bits per heavy atom. The van der Waals surface area contributed by atoms with Crippen LogP contribution in [0.25, 0.3) is 0 Å². The Labute approximate surface area is 233 Å². The van der Waals surface area contributed by atoms with E-state index in [0.29, 0.717) is 55.3 Å². The number of hydrogen-bond donors (Lipinski definition) is 4. The molecule has 0 aliphatic carbocycles. The van der Waals surface area contributed by atoms with Gasteiger partial charge in [0.05, 0.1) is 36.1 Å². The SMILES string of the molecule is CCNc1cc(C(=O)N[C@@H](Cc2ccoc2)[C@H](O)CNC(C)CCCC(C)C)cc(N2CCCCS2(=O)=O)c1. The Morgan fingerprint density at radius 1 is 1.15 bits per heavy atom. The minimum atomic E-state index is -3.43. The summed E-state index contributed by atoms with van der Waals surface area (Å²) in [6.45, 7) is 9.83. The van der Waals surface area contributed by atoms with Crippen LogP contribution in [0.15, 0.2) is 41.2 Å². The fourth-order valence-electron chi connectivity index (χ4n) is 4.87. The molecule has 1 aliphatic rings. The summed E-state index contributed by atoms with van der Waals surface area (Å²) in [6.07, 6.45) is 7.45. The number of nitrogens with zero attached hydrogens (tertiary/aromatic N) is 1. The number of aliphatic hydroxyl groups excluding tert-OH is 1. The molecule has 1 aliphatic heterocycles. The number of benzene rings is 1. The number of carbonyl (C=O) groups is 1. The molecule has 0 spiro atoms. The third-order valence-electron chi connectivity index (χ3n) is 7.11. The lowest BCUT2D eigenvalue weighted by molar-refractivity contribution is 0.0825. The molecule has 2 heterocycles. The maximum absolute atomic E-state index is 13.5. The van der Waals surface area contributed by atoms with Crippen molar-refractivity contribution in [1.29, 1.82) is 0 Å². The van der Waals surface area contributed by atoms with E-state index in [1.807, 2.05) is 13.0 Å². The molecule has 1 fully saturated rings. The van der Waals surface area contributed by atoms with Crippen molar-refractivity contribution in [3.8, 4) is 0 Å². The number of aliphatic hydroxyl groups is 1. The summed E-state index contributed by atoms with van der Waals surface area (Å²) >= 11 is 0. The third kappa shape index (κ3) is 9.54. The minimum absolute atomic E-state index is 0.0990. The fraction of sp³-hybridized carbons (Fsp3) is 0.621. The standard InChI is InChI=1S/C29H46N4O5S/c1-5-30-25-16-24(17-26(18-25)33-12-6-7-14-39(33,36)37)29(35)32-27(15-23-11-13-38-20-23)28(34)19-31-22(4)10-8-9-21(2)3/h11,13,16-18,20-22,27-28,30-31,34H,5-10,12,14-15,19H2,1-4H3,(H,32,35)/t22?,27-,28+/m0/s1. The Hall–Kier alpha value is -2.56. The first-order valence-electron chi connectivity index (χ1n) is 14.2. The summed E-state index contributed by atoms with van der Waals surface area (Å²) in [4.78, 5) is 13.5. The van der Waals surface area contributed by atoms with E-state index < -0.39 is 22.2 Å². The zero-order valence-electron chi connectivity index (χ0n) is 23.8. The second kappa shape index (κ2) is 14.7. The van der Waals surface area contributed by atoms with Crippen molar-refractivity contribution >= 4 is 27.3 Å². The van der Waals surface area contributed by atoms with Crippen LogP contribution in [0.5, 0.6) is 0 Å². The van der Waals surface area contributed by atoms with Gasteiger partial charge < -0.3 is 25.5 Å². The van der Waals surface area contributed by atoms with E-state index in [4.69, 9.17) is 4.42 Å². The summed E-state index contributed by atoms with van der Waals surface area (Å²) < 4.78 is 32.1. The van der Waals surface area contributed by atoms with Gasteiger partial charge in [-0.15, -0.1) is 0 Å². The van der Waals surface area contributed by atoms with Crippen molar-refractivity contribution < 1.29 is 22.7 Å². The zero-order valence-corrected chi connectivity index (χ0v) is 24.6. The summed E-state index contributed by atoms with van der Waals surface area (Å²) in [7, 11) is -3.43. The third-order valence-corrected chi connectivity index (χ3v) is 8.98. The molecule has 2 aromatic rings. The lowest BCUT2D eigenvalue weighted by atomic mass is 10.0. The van der Waals surface area contributed by atoms with E-state index in [0.717, 1.165) is 24.8 Å². The highest BCUT2D eigenvalue weighted by Crippen LogP contribution is 2.28. The maximum atomic E-state index is 13.5. The number of sulfonamides is 1. The average Bonchev–Trinajstić information content (AvgIpc) is 3.39. The largest absolute Gasteiger partial charge is 0.472 e. The van der Waals surface area contributed by atoms with Crippen molar-refractivity contribution in [2.24, 2.45) is 5.92 Å². The predicted octanol–water partition coefficient (Wildman–Crippen LogP) is 4.15. The van der Waals surface area contributed by atoms with Gasteiger partial charge >= 0.3 is 0 Å². The van der Waals surface area contributed by atoms with E-state index >= 15 is 0 Å². The fourth-order valence-corrected chi connectivity index (χ4v) is 6.49. The molecule has 39 heavy (non-hydrogen) atoms. The van der Waals surface area contributed by atoms with E-state index in [1.54, 1.807) is 30.7 Å². The first kappa shape index (κ1) is 31.0. The Morgan fingerprint density at radius 3 is 2.62 bits per heavy atom. The van der Waals surface area contributed by atoms with Crippen LogP contribution in [-0.4, -0.2) is 63.0 Å². The molecular weight excluding hydrogens is 516 g/mol. The molecule has 4 N–H and O–H groups in total. The van der Waals surface area contributed by atoms with Crippen LogP contribution in [0.2, 0.25) is 0 Å². The topological polar surface area (TPSA) is 124 Å². The molecule has 3 rings (SSSR count). The summed E-state index contributed by atoms with van der Waals surface area (Å²) in [5.74, 6) is 0.392. The second-order valence-corrected chi connectivity index (χ2v) is 13.0. The molecule has 0 radical (unpaired) electrons. The molecule has 9 nitrogen and oxygen atoms in total. The normalized spacial score (nSPS) is 17.5. The van der Waals surface area contributed by atoms with Crippen LogP contribution in [0.3, 0.4) is 0 Å². The lowest BCUT2D eigenvalue weighted by Gasteiger charge is -2.29. The Bertz CT molecular complexity index is 1140. The Kier molecular flexibility index (Phi) is 11.7. The summed E-state index contributed by atoms with van der Waals surface area (Å²) in [5.41, 5.74) is 2.35. The quantitative estimate of drug-likeness (QED) is 0.257. The van der Waals surface area contributed by atoms with E-state index in [9.17, 15) is 18.3 Å². The number of furan rings is 1. The van der Waals surface area contributed by atoms with Crippen LogP contribution in [-0.2, 0) is 16.4 Å². The van der Waals surface area contributed by atoms with Gasteiger partial charge in [-0.3, -0.25) is 9.10 Å². The molecule has 1 saturated heterocycles. The van der Waals surface area contributed by atoms with Gasteiger partial charge in [-0.25, -0.2) is 8.42 Å². The highest BCUT2D eigenvalue weighted by molar-refractivity contribution is 7.92. The van der Waals surface area contributed by atoms with Crippen LogP contribution in [0.4, 0.5) is 11.4 Å². The van der Waals surface area contributed by atoms with Crippen molar-refractivity contribution in [2.45, 2.75) is 84.4 Å². The molecule has 1 amide bonds. The highest BCUT2D eigenvalue weighted by Gasteiger charge is 2.28. The van der Waals surface area contributed by atoms with Gasteiger partial charge in [-0.1, -0.05) is 26.7 Å². The minimum Gasteiger partial charge on any atom is -0.472 e. The van der Waals surface area contributed by atoms with Gasteiger partial charge in [-0.05, 0) is 75.3 Å². The summed E-state index contributed by atoms with van der Waals surface area (Å²) in [5, 5.41) is 20.7. The molecule has 10 heteroatoms. The van der Waals surface area contributed by atoms with Crippen LogP contribution in [0.1, 0.15) is 75.7 Å². The second-order valence-electron chi connectivity index (χ2n) is 11.0. The van der Waals surface area contributed by atoms with Gasteiger partial charge in [0.25, 0.3) is 5.91 Å². The number of nitrogens with one attached hydrogen (secondary N) is 3. The molecule has 218 valence electrons. The Balaban J connectivity index is 1.76. The first-order chi connectivity index (χ1) is 18.6. The zero-order chi connectivity index (χ0) is 28.4. The van der Waals surface area contributed by atoms with Crippen molar-refractivity contribution in [3.63, 3.8) is 0 Å². The predicted molar refractivity (Wildman–Crippen MR) is 157 cm³/mol. The molecular formula is C29H46N4O5S. The van der Waals surface area contributed by atoms with E-state index in [-0.39, 0.29) is 17.7 Å². The molecule has 0 bridgehead atoms. The van der Waals surface area contributed by atoms with Gasteiger partial charge in [-0.2, -0.15) is 0 Å². The summed E-state index contributed by atoms with van der Waals surface area (Å²) in [6, 6.07) is 6.60. The molecule has 3 atom stereocenters. The van der Waals surface area contributed by atoms with Crippen molar-refractivity contribution in [3.05, 3.63) is 47.9 Å². The number of rotatable bonds is 15. The lowest BCUT2D eigenvalue weighted by Crippen LogP contribution is -2.49. The maximum Gasteiger partial charge on any atom is 0.251 e. The number of amides is 1.